The lowest BCUT2D eigenvalue weighted by Gasteiger charge is -2.52. The highest BCUT2D eigenvalue weighted by atomic mass is 16.7. The van der Waals surface area contributed by atoms with Crippen LogP contribution in [0.4, 0.5) is 4.79 Å². The van der Waals surface area contributed by atoms with Gasteiger partial charge in [0.25, 0.3) is 5.91 Å². The number of hydroxylamine groups is 2. The van der Waals surface area contributed by atoms with Crippen molar-refractivity contribution in [2.45, 2.75) is 76.6 Å². The number of rotatable bonds is 6. The van der Waals surface area contributed by atoms with E-state index in [-0.39, 0.29) is 29.6 Å². The second-order valence-corrected chi connectivity index (χ2v) is 10.3. The van der Waals surface area contributed by atoms with Crippen LogP contribution in [0.3, 0.4) is 0 Å². The molecule has 2 fully saturated rings. The molecule has 0 aliphatic carbocycles. The van der Waals surface area contributed by atoms with Crippen LogP contribution in [0, 0.1) is 0 Å². The molecular formula is C27H34N2O4. The average Bonchev–Trinajstić information content (AvgIpc) is 3.13. The number of nitrogens with zero attached hydrogens (tertiary/aromatic N) is 2. The molecular weight excluding hydrogens is 416 g/mol. The van der Waals surface area contributed by atoms with Crippen molar-refractivity contribution in [2.75, 3.05) is 6.61 Å². The van der Waals surface area contributed by atoms with Crippen molar-refractivity contribution in [3.8, 4) is 0 Å². The summed E-state index contributed by atoms with van der Waals surface area (Å²) >= 11 is 0. The maximum absolute atomic E-state index is 13.9. The first-order valence-electron chi connectivity index (χ1n) is 11.7. The van der Waals surface area contributed by atoms with Gasteiger partial charge in [0, 0.05) is 11.1 Å². The molecule has 0 spiro atoms. The van der Waals surface area contributed by atoms with E-state index in [0.717, 1.165) is 30.4 Å². The molecule has 2 aromatic rings. The number of carbonyl (C=O) groups excluding carboxylic acids is 2. The van der Waals surface area contributed by atoms with Crippen molar-refractivity contribution in [3.63, 3.8) is 0 Å². The van der Waals surface area contributed by atoms with Crippen molar-refractivity contribution in [2.24, 2.45) is 0 Å². The lowest BCUT2D eigenvalue weighted by molar-refractivity contribution is -0.302. The van der Waals surface area contributed by atoms with Gasteiger partial charge < -0.3 is 4.74 Å². The Kier molecular flexibility index (Phi) is 6.59. The minimum Gasteiger partial charge on any atom is -0.447 e. The molecule has 33 heavy (non-hydrogen) atoms. The number of piperidine rings is 1. The van der Waals surface area contributed by atoms with E-state index in [2.05, 4.69) is 27.7 Å². The fourth-order valence-electron chi connectivity index (χ4n) is 5.14. The molecule has 0 bridgehead atoms. The zero-order chi connectivity index (χ0) is 23.6. The quantitative estimate of drug-likeness (QED) is 0.598. The predicted octanol–water partition coefficient (Wildman–Crippen LogP) is 5.29. The number of imide groups is 1. The van der Waals surface area contributed by atoms with Crippen LogP contribution in [0.2, 0.25) is 0 Å². The van der Waals surface area contributed by atoms with E-state index in [4.69, 9.17) is 9.57 Å². The molecule has 4 rings (SSSR count). The van der Waals surface area contributed by atoms with Crippen molar-refractivity contribution in [1.29, 1.82) is 0 Å². The Hall–Kier alpha value is -2.70. The molecule has 0 radical (unpaired) electrons. The monoisotopic (exact) mass is 450 g/mol. The Morgan fingerprint density at radius 3 is 2.18 bits per heavy atom. The molecule has 6 nitrogen and oxygen atoms in total. The smallest absolute Gasteiger partial charge is 0.417 e. The summed E-state index contributed by atoms with van der Waals surface area (Å²) < 4.78 is 5.33. The SMILES string of the molecule is CC1(C)CCCC(C)(C)N1O[C@H](C(=O)N1C(=O)OC[C@@H]1Cc1ccccc1)c1ccccc1. The summed E-state index contributed by atoms with van der Waals surface area (Å²) in [6.45, 7) is 8.75. The highest BCUT2D eigenvalue weighted by Crippen LogP contribution is 2.41. The number of hydrogen-bond donors (Lipinski definition) is 0. The first-order chi connectivity index (χ1) is 15.7. The zero-order valence-corrected chi connectivity index (χ0v) is 20.0. The minimum atomic E-state index is -0.938. The summed E-state index contributed by atoms with van der Waals surface area (Å²) in [5, 5.41) is 1.98. The van der Waals surface area contributed by atoms with Gasteiger partial charge in [0.2, 0.25) is 0 Å². The van der Waals surface area contributed by atoms with Crippen LogP contribution in [0.1, 0.15) is 64.2 Å². The van der Waals surface area contributed by atoms with E-state index in [0.29, 0.717) is 6.42 Å². The van der Waals surface area contributed by atoms with Crippen LogP contribution in [0.15, 0.2) is 60.7 Å². The lowest BCUT2D eigenvalue weighted by Crippen LogP contribution is -2.59. The summed E-state index contributed by atoms with van der Waals surface area (Å²) in [6, 6.07) is 18.9. The molecule has 2 aliphatic rings. The first-order valence-corrected chi connectivity index (χ1v) is 11.7. The van der Waals surface area contributed by atoms with E-state index in [1.807, 2.05) is 65.7 Å². The summed E-state index contributed by atoms with van der Waals surface area (Å²) in [5.41, 5.74) is 1.28. The van der Waals surface area contributed by atoms with Crippen molar-refractivity contribution in [1.82, 2.24) is 9.96 Å². The molecule has 2 amide bonds. The molecule has 6 heteroatoms. The molecule has 0 saturated carbocycles. The molecule has 0 unspecified atom stereocenters. The zero-order valence-electron chi connectivity index (χ0n) is 20.0. The van der Waals surface area contributed by atoms with Gasteiger partial charge in [-0.1, -0.05) is 60.7 Å². The fraction of sp³-hybridized carbons (Fsp3) is 0.481. The number of amides is 2. The highest BCUT2D eigenvalue weighted by molar-refractivity contribution is 5.96. The van der Waals surface area contributed by atoms with Gasteiger partial charge in [0.15, 0.2) is 6.10 Å². The van der Waals surface area contributed by atoms with Gasteiger partial charge in [-0.2, -0.15) is 5.06 Å². The van der Waals surface area contributed by atoms with Gasteiger partial charge in [-0.15, -0.1) is 0 Å². The van der Waals surface area contributed by atoms with Crippen LogP contribution in [-0.2, 0) is 20.8 Å². The van der Waals surface area contributed by atoms with Crippen molar-refractivity contribution in [3.05, 3.63) is 71.8 Å². The van der Waals surface area contributed by atoms with Crippen molar-refractivity contribution >= 4 is 12.0 Å². The first kappa shape index (κ1) is 23.5. The fourth-order valence-corrected chi connectivity index (χ4v) is 5.14. The molecule has 2 atom stereocenters. The van der Waals surface area contributed by atoms with Crippen LogP contribution in [-0.4, -0.2) is 45.7 Å². The standard InChI is InChI=1S/C27H34N2O4/c1-26(2)16-11-17-27(3,4)29(26)33-23(21-14-9-6-10-15-21)24(30)28-22(19-32-25(28)31)18-20-12-7-5-8-13-20/h5-10,12-15,22-23H,11,16-19H2,1-4H3/t22-,23-/m0/s1. The van der Waals surface area contributed by atoms with E-state index in [9.17, 15) is 9.59 Å². The van der Waals surface area contributed by atoms with E-state index in [1.165, 1.54) is 4.90 Å². The van der Waals surface area contributed by atoms with Gasteiger partial charge in [0.05, 0.1) is 6.04 Å². The van der Waals surface area contributed by atoms with Gasteiger partial charge in [0.1, 0.15) is 6.61 Å². The number of carbonyl (C=O) groups is 2. The van der Waals surface area contributed by atoms with Gasteiger partial charge in [-0.05, 0) is 64.5 Å². The summed E-state index contributed by atoms with van der Waals surface area (Å²) in [5.74, 6) is -0.387. The van der Waals surface area contributed by atoms with Gasteiger partial charge >= 0.3 is 6.09 Å². The van der Waals surface area contributed by atoms with Crippen LogP contribution < -0.4 is 0 Å². The van der Waals surface area contributed by atoms with E-state index < -0.39 is 12.2 Å². The second kappa shape index (κ2) is 9.27. The highest BCUT2D eigenvalue weighted by Gasteiger charge is 2.47. The Morgan fingerprint density at radius 1 is 1.00 bits per heavy atom. The largest absolute Gasteiger partial charge is 0.447 e. The average molecular weight is 451 g/mol. The molecule has 2 heterocycles. The van der Waals surface area contributed by atoms with Crippen LogP contribution in [0.25, 0.3) is 0 Å². The minimum absolute atomic E-state index is 0.182. The number of benzene rings is 2. The van der Waals surface area contributed by atoms with Crippen LogP contribution in [0.5, 0.6) is 0 Å². The predicted molar refractivity (Wildman–Crippen MR) is 126 cm³/mol. The number of ether oxygens (including phenoxy) is 1. The number of hydrogen-bond acceptors (Lipinski definition) is 5. The maximum atomic E-state index is 13.9. The maximum Gasteiger partial charge on any atom is 0.417 e. The second-order valence-electron chi connectivity index (χ2n) is 10.3. The van der Waals surface area contributed by atoms with Crippen molar-refractivity contribution < 1.29 is 19.2 Å². The lowest BCUT2D eigenvalue weighted by atomic mass is 9.82. The Morgan fingerprint density at radius 2 is 1.58 bits per heavy atom. The molecule has 2 aliphatic heterocycles. The van der Waals surface area contributed by atoms with Crippen LogP contribution >= 0.6 is 0 Å². The molecule has 0 N–H and O–H groups in total. The van der Waals surface area contributed by atoms with Gasteiger partial charge in [-0.3, -0.25) is 9.63 Å². The number of cyclic esters (lactones) is 1. The topological polar surface area (TPSA) is 59.1 Å². The molecule has 0 aromatic heterocycles. The Bertz CT molecular complexity index is 958. The third-order valence-corrected chi connectivity index (χ3v) is 6.73. The van der Waals surface area contributed by atoms with E-state index >= 15 is 0 Å². The van der Waals surface area contributed by atoms with E-state index in [1.54, 1.807) is 0 Å². The molecule has 2 aromatic carbocycles. The Labute approximate surface area is 196 Å². The molecule has 176 valence electrons. The summed E-state index contributed by atoms with van der Waals surface area (Å²) in [4.78, 5) is 34.5. The third-order valence-electron chi connectivity index (χ3n) is 6.73. The summed E-state index contributed by atoms with van der Waals surface area (Å²) in [7, 11) is 0. The Balaban J connectivity index is 1.65. The van der Waals surface area contributed by atoms with Gasteiger partial charge in [-0.25, -0.2) is 9.69 Å². The molecule has 2 saturated heterocycles. The third kappa shape index (κ3) is 4.97. The summed E-state index contributed by atoms with van der Waals surface area (Å²) in [6.07, 6.45) is 2.03. The normalized spacial score (nSPS) is 23.2.